The number of halogens is 1. The molecule has 0 bridgehead atoms. The lowest BCUT2D eigenvalue weighted by molar-refractivity contribution is 0.757. The van der Waals surface area contributed by atoms with E-state index < -0.39 is 0 Å². The largest absolute Gasteiger partial charge is 0.331 e. The van der Waals surface area contributed by atoms with Crippen molar-refractivity contribution in [2.45, 2.75) is 20.4 Å². The average Bonchev–Trinajstić information content (AvgIpc) is 2.57. The molecule has 1 heterocycles. The first-order chi connectivity index (χ1) is 7.16. The lowest BCUT2D eigenvalue weighted by Gasteiger charge is -2.08. The number of imidazole rings is 1. The molecule has 0 fully saturated rings. The fourth-order valence-electron chi connectivity index (χ4n) is 1.59. The molecular weight excluding hydrogens is 252 g/mol. The molecule has 3 heteroatoms. The van der Waals surface area contributed by atoms with Crippen LogP contribution in [0.3, 0.4) is 0 Å². The molecule has 0 aliphatic heterocycles. The van der Waals surface area contributed by atoms with Crippen LogP contribution in [-0.2, 0) is 6.54 Å². The Balaban J connectivity index is 2.29. The summed E-state index contributed by atoms with van der Waals surface area (Å²) in [6, 6.07) is 6.37. The van der Waals surface area contributed by atoms with E-state index in [0.29, 0.717) is 0 Å². The van der Waals surface area contributed by atoms with Gasteiger partial charge in [-0.1, -0.05) is 22.0 Å². The highest BCUT2D eigenvalue weighted by atomic mass is 79.9. The molecule has 0 saturated carbocycles. The van der Waals surface area contributed by atoms with Gasteiger partial charge in [-0.3, -0.25) is 0 Å². The van der Waals surface area contributed by atoms with Crippen LogP contribution in [0.1, 0.15) is 17.0 Å². The Kier molecular flexibility index (Phi) is 2.91. The molecule has 1 aromatic heterocycles. The van der Waals surface area contributed by atoms with Crippen molar-refractivity contribution in [3.05, 3.63) is 52.0 Å². The summed E-state index contributed by atoms with van der Waals surface area (Å²) in [6.45, 7) is 5.05. The van der Waals surface area contributed by atoms with E-state index in [-0.39, 0.29) is 0 Å². The Hall–Kier alpha value is -1.09. The van der Waals surface area contributed by atoms with Gasteiger partial charge in [-0.05, 0) is 37.1 Å². The molecule has 0 aliphatic rings. The van der Waals surface area contributed by atoms with Crippen molar-refractivity contribution in [3.8, 4) is 0 Å². The monoisotopic (exact) mass is 264 g/mol. The molecule has 0 saturated heterocycles. The minimum absolute atomic E-state index is 0.894. The summed E-state index contributed by atoms with van der Waals surface area (Å²) in [5.74, 6) is 1.05. The average molecular weight is 265 g/mol. The molecule has 0 unspecified atom stereocenters. The fraction of sp³-hybridized carbons (Fsp3) is 0.250. The molecule has 15 heavy (non-hydrogen) atoms. The first-order valence-corrected chi connectivity index (χ1v) is 5.69. The molecule has 0 N–H and O–H groups in total. The van der Waals surface area contributed by atoms with Crippen molar-refractivity contribution < 1.29 is 0 Å². The van der Waals surface area contributed by atoms with Crippen LogP contribution < -0.4 is 0 Å². The standard InChI is InChI=1S/C12H13BrN2/c1-9-7-12(13)4-3-11(9)8-15-6-5-14-10(15)2/h3-7H,8H2,1-2H3. The normalized spacial score (nSPS) is 10.6. The summed E-state index contributed by atoms with van der Waals surface area (Å²) < 4.78 is 3.28. The second-order valence-corrected chi connectivity index (χ2v) is 4.59. The molecule has 0 atom stereocenters. The third kappa shape index (κ3) is 2.29. The van der Waals surface area contributed by atoms with Gasteiger partial charge in [0.1, 0.15) is 5.82 Å². The number of hydrogen-bond donors (Lipinski definition) is 0. The van der Waals surface area contributed by atoms with Gasteiger partial charge in [0, 0.05) is 23.4 Å². The van der Waals surface area contributed by atoms with Crippen molar-refractivity contribution in [3.63, 3.8) is 0 Å². The molecule has 78 valence electrons. The number of nitrogens with zero attached hydrogens (tertiary/aromatic N) is 2. The van der Waals surface area contributed by atoms with Crippen molar-refractivity contribution in [1.82, 2.24) is 9.55 Å². The van der Waals surface area contributed by atoms with Crippen LogP contribution in [0, 0.1) is 13.8 Å². The molecule has 0 spiro atoms. The Morgan fingerprint density at radius 3 is 2.73 bits per heavy atom. The molecule has 0 amide bonds. The second kappa shape index (κ2) is 4.19. The third-order valence-electron chi connectivity index (χ3n) is 2.57. The summed E-state index contributed by atoms with van der Waals surface area (Å²) in [4.78, 5) is 4.21. The van der Waals surface area contributed by atoms with E-state index >= 15 is 0 Å². The first kappa shape index (κ1) is 10.4. The molecule has 2 rings (SSSR count). The maximum absolute atomic E-state index is 4.21. The Morgan fingerprint density at radius 2 is 2.13 bits per heavy atom. The minimum atomic E-state index is 0.894. The predicted molar refractivity (Wildman–Crippen MR) is 64.9 cm³/mol. The highest BCUT2D eigenvalue weighted by Crippen LogP contribution is 2.17. The number of benzene rings is 1. The number of hydrogen-bond acceptors (Lipinski definition) is 1. The van der Waals surface area contributed by atoms with Gasteiger partial charge in [0.05, 0.1) is 0 Å². The smallest absolute Gasteiger partial charge is 0.105 e. The zero-order valence-corrected chi connectivity index (χ0v) is 10.5. The lowest BCUT2D eigenvalue weighted by atomic mass is 10.1. The molecule has 0 radical (unpaired) electrons. The van der Waals surface area contributed by atoms with Crippen LogP contribution >= 0.6 is 15.9 Å². The summed E-state index contributed by atoms with van der Waals surface area (Å²) in [6.07, 6.45) is 3.85. The highest BCUT2D eigenvalue weighted by Gasteiger charge is 2.02. The van der Waals surface area contributed by atoms with Gasteiger partial charge < -0.3 is 4.57 Å². The quantitative estimate of drug-likeness (QED) is 0.814. The predicted octanol–water partition coefficient (Wildman–Crippen LogP) is 3.31. The summed E-state index contributed by atoms with van der Waals surface area (Å²) >= 11 is 3.47. The molecular formula is C12H13BrN2. The second-order valence-electron chi connectivity index (χ2n) is 3.67. The highest BCUT2D eigenvalue weighted by molar-refractivity contribution is 9.10. The number of aromatic nitrogens is 2. The maximum atomic E-state index is 4.21. The van der Waals surface area contributed by atoms with Crippen LogP contribution in [0.15, 0.2) is 35.1 Å². The molecule has 2 nitrogen and oxygen atoms in total. The Labute approximate surface area is 98.1 Å². The number of rotatable bonds is 2. The molecule has 0 aliphatic carbocycles. The lowest BCUT2D eigenvalue weighted by Crippen LogP contribution is -2.02. The van der Waals surface area contributed by atoms with Crippen LogP contribution in [0.5, 0.6) is 0 Å². The Morgan fingerprint density at radius 1 is 1.33 bits per heavy atom. The van der Waals surface area contributed by atoms with E-state index in [9.17, 15) is 0 Å². The van der Waals surface area contributed by atoms with Crippen molar-refractivity contribution in [2.24, 2.45) is 0 Å². The van der Waals surface area contributed by atoms with Crippen molar-refractivity contribution in [1.29, 1.82) is 0 Å². The van der Waals surface area contributed by atoms with Gasteiger partial charge in [-0.15, -0.1) is 0 Å². The van der Waals surface area contributed by atoms with Crippen molar-refractivity contribution >= 4 is 15.9 Å². The van der Waals surface area contributed by atoms with Crippen LogP contribution in [0.4, 0.5) is 0 Å². The summed E-state index contributed by atoms with van der Waals surface area (Å²) in [5.41, 5.74) is 2.64. The van der Waals surface area contributed by atoms with Gasteiger partial charge in [-0.25, -0.2) is 4.98 Å². The van der Waals surface area contributed by atoms with Gasteiger partial charge >= 0.3 is 0 Å². The van der Waals surface area contributed by atoms with Crippen LogP contribution in [0.2, 0.25) is 0 Å². The van der Waals surface area contributed by atoms with Crippen molar-refractivity contribution in [2.75, 3.05) is 0 Å². The van der Waals surface area contributed by atoms with Crippen LogP contribution in [0.25, 0.3) is 0 Å². The minimum Gasteiger partial charge on any atom is -0.331 e. The van der Waals surface area contributed by atoms with E-state index in [2.05, 4.69) is 50.6 Å². The SMILES string of the molecule is Cc1cc(Br)ccc1Cn1ccnc1C. The Bertz CT molecular complexity index is 474. The van der Waals surface area contributed by atoms with Gasteiger partial charge in [0.2, 0.25) is 0 Å². The molecule has 2 aromatic rings. The van der Waals surface area contributed by atoms with E-state index in [1.54, 1.807) is 0 Å². The summed E-state index contributed by atoms with van der Waals surface area (Å²) in [7, 11) is 0. The summed E-state index contributed by atoms with van der Waals surface area (Å²) in [5, 5.41) is 0. The van der Waals surface area contributed by atoms with E-state index in [0.717, 1.165) is 16.8 Å². The van der Waals surface area contributed by atoms with Gasteiger partial charge in [-0.2, -0.15) is 0 Å². The van der Waals surface area contributed by atoms with E-state index in [4.69, 9.17) is 0 Å². The maximum Gasteiger partial charge on any atom is 0.105 e. The first-order valence-electron chi connectivity index (χ1n) is 4.89. The van der Waals surface area contributed by atoms with E-state index in [1.165, 1.54) is 11.1 Å². The van der Waals surface area contributed by atoms with E-state index in [1.807, 2.05) is 19.3 Å². The zero-order chi connectivity index (χ0) is 10.8. The topological polar surface area (TPSA) is 17.8 Å². The molecule has 1 aromatic carbocycles. The van der Waals surface area contributed by atoms with Gasteiger partial charge in [0.15, 0.2) is 0 Å². The zero-order valence-electron chi connectivity index (χ0n) is 8.87. The number of aryl methyl sites for hydroxylation is 2. The van der Waals surface area contributed by atoms with Gasteiger partial charge in [0.25, 0.3) is 0 Å². The fourth-order valence-corrected chi connectivity index (χ4v) is 2.07. The van der Waals surface area contributed by atoms with Crippen LogP contribution in [-0.4, -0.2) is 9.55 Å². The third-order valence-corrected chi connectivity index (χ3v) is 3.06.